The number of hydrogen-bond acceptors (Lipinski definition) is 7. The van der Waals surface area contributed by atoms with E-state index >= 15 is 0 Å². The maximum Gasteiger partial charge on any atom is 0.258 e. The molecule has 2 aliphatic rings. The van der Waals surface area contributed by atoms with Gasteiger partial charge in [0.15, 0.2) is 18.1 Å². The normalized spacial score (nSPS) is 16.9. The fourth-order valence-corrected chi connectivity index (χ4v) is 5.75. The highest BCUT2D eigenvalue weighted by Crippen LogP contribution is 2.31. The number of carbonyl (C=O) groups is 1. The summed E-state index contributed by atoms with van der Waals surface area (Å²) in [7, 11) is 0. The van der Waals surface area contributed by atoms with Crippen molar-refractivity contribution in [1.29, 1.82) is 0 Å². The van der Waals surface area contributed by atoms with Crippen LogP contribution in [0.3, 0.4) is 0 Å². The molecule has 1 amide bonds. The van der Waals surface area contributed by atoms with Gasteiger partial charge < -0.3 is 24.4 Å². The van der Waals surface area contributed by atoms with Gasteiger partial charge in [-0.2, -0.15) is 11.3 Å². The minimum absolute atomic E-state index is 0.0588. The summed E-state index contributed by atoms with van der Waals surface area (Å²) in [6.07, 6.45) is -0.242. The molecule has 4 aromatic rings. The minimum Gasteiger partial charge on any atom is -0.486 e. The van der Waals surface area contributed by atoms with Crippen molar-refractivity contribution >= 4 is 22.9 Å². The molecule has 7 nitrogen and oxygen atoms in total. The van der Waals surface area contributed by atoms with Crippen molar-refractivity contribution in [2.45, 2.75) is 12.6 Å². The molecule has 2 aliphatic heterocycles. The lowest BCUT2D eigenvalue weighted by Gasteiger charge is -2.36. The first-order chi connectivity index (χ1) is 19.7. The van der Waals surface area contributed by atoms with Gasteiger partial charge in [0.25, 0.3) is 5.91 Å². The summed E-state index contributed by atoms with van der Waals surface area (Å²) in [4.78, 5) is 17.6. The quantitative estimate of drug-likeness (QED) is 0.311. The van der Waals surface area contributed by atoms with Gasteiger partial charge >= 0.3 is 0 Å². The molecule has 1 saturated heterocycles. The average Bonchev–Trinajstić information content (AvgIpc) is 3.55. The van der Waals surface area contributed by atoms with Gasteiger partial charge in [0.2, 0.25) is 0 Å². The first kappa shape index (κ1) is 26.2. The molecule has 206 valence electrons. The summed E-state index contributed by atoms with van der Waals surface area (Å²) >= 11 is 1.69. The molecule has 40 heavy (non-hydrogen) atoms. The Kier molecular flexibility index (Phi) is 8.16. The van der Waals surface area contributed by atoms with Crippen molar-refractivity contribution in [3.63, 3.8) is 0 Å². The number of nitrogens with one attached hydrogen (secondary N) is 1. The second-order valence-electron chi connectivity index (χ2n) is 10.0. The molecule has 1 aromatic heterocycles. The minimum atomic E-state index is -0.242. The largest absolute Gasteiger partial charge is 0.486 e. The summed E-state index contributed by atoms with van der Waals surface area (Å²) in [5.74, 6) is 1.98. The van der Waals surface area contributed by atoms with Gasteiger partial charge in [-0.25, -0.2) is 0 Å². The zero-order chi connectivity index (χ0) is 27.1. The van der Waals surface area contributed by atoms with Crippen LogP contribution in [0.4, 0.5) is 5.69 Å². The molecule has 1 fully saturated rings. The van der Waals surface area contributed by atoms with Crippen molar-refractivity contribution in [3.05, 3.63) is 95.2 Å². The number of thiophene rings is 1. The lowest BCUT2D eigenvalue weighted by molar-refractivity contribution is -0.123. The van der Waals surface area contributed by atoms with Gasteiger partial charge in [0, 0.05) is 44.0 Å². The zero-order valence-corrected chi connectivity index (χ0v) is 23.1. The van der Waals surface area contributed by atoms with Crippen molar-refractivity contribution in [1.82, 2.24) is 10.2 Å². The summed E-state index contributed by atoms with van der Waals surface area (Å²) in [6.45, 7) is 5.33. The number of fused-ring (bicyclic) bond motifs is 1. The van der Waals surface area contributed by atoms with E-state index in [4.69, 9.17) is 14.2 Å². The van der Waals surface area contributed by atoms with Crippen LogP contribution in [0, 0.1) is 0 Å². The monoisotopic (exact) mass is 555 g/mol. The van der Waals surface area contributed by atoms with E-state index in [2.05, 4.69) is 74.4 Å². The Hall–Kier alpha value is -4.01. The van der Waals surface area contributed by atoms with E-state index in [0.29, 0.717) is 18.9 Å². The van der Waals surface area contributed by atoms with Gasteiger partial charge in [-0.15, -0.1) is 0 Å². The highest BCUT2D eigenvalue weighted by molar-refractivity contribution is 7.08. The first-order valence-electron chi connectivity index (χ1n) is 13.7. The van der Waals surface area contributed by atoms with Gasteiger partial charge in [0.1, 0.15) is 18.5 Å². The second-order valence-corrected chi connectivity index (χ2v) is 10.8. The number of amides is 1. The smallest absolute Gasteiger partial charge is 0.258 e. The molecular formula is C32H33N3O4S. The SMILES string of the molecule is O=C(COc1ccc(-c2ccsc2)cc1CN1CCN(c2ccccc2)CC1)NC[C@@H]1COc2ccccc2O1. The fourth-order valence-electron chi connectivity index (χ4n) is 5.08. The molecule has 0 unspecified atom stereocenters. The van der Waals surface area contributed by atoms with Crippen molar-refractivity contribution < 1.29 is 19.0 Å². The van der Waals surface area contributed by atoms with Crippen LogP contribution in [0.1, 0.15) is 5.56 Å². The number of hydrogen-bond donors (Lipinski definition) is 1. The maximum absolute atomic E-state index is 12.7. The predicted octanol–water partition coefficient (Wildman–Crippen LogP) is 5.07. The molecule has 8 heteroatoms. The molecule has 1 atom stereocenters. The van der Waals surface area contributed by atoms with Crippen LogP contribution >= 0.6 is 11.3 Å². The lowest BCUT2D eigenvalue weighted by Crippen LogP contribution is -2.46. The van der Waals surface area contributed by atoms with E-state index in [1.807, 2.05) is 30.3 Å². The van der Waals surface area contributed by atoms with Crippen LogP contribution in [0.2, 0.25) is 0 Å². The number of para-hydroxylation sites is 3. The number of piperazine rings is 1. The lowest BCUT2D eigenvalue weighted by atomic mass is 10.0. The molecule has 6 rings (SSSR count). The zero-order valence-electron chi connectivity index (χ0n) is 22.3. The molecule has 0 bridgehead atoms. The number of benzene rings is 3. The number of rotatable bonds is 9. The summed E-state index contributed by atoms with van der Waals surface area (Å²) in [5.41, 5.74) is 4.71. The van der Waals surface area contributed by atoms with Crippen LogP contribution in [0.25, 0.3) is 11.1 Å². The van der Waals surface area contributed by atoms with Crippen LogP contribution in [0.5, 0.6) is 17.2 Å². The molecule has 3 heterocycles. The van der Waals surface area contributed by atoms with Crippen molar-refractivity contribution in [3.8, 4) is 28.4 Å². The highest BCUT2D eigenvalue weighted by Gasteiger charge is 2.22. The predicted molar refractivity (Wildman–Crippen MR) is 159 cm³/mol. The Bertz CT molecular complexity index is 1400. The summed E-state index contributed by atoms with van der Waals surface area (Å²) < 4.78 is 17.8. The number of ether oxygens (including phenoxy) is 3. The van der Waals surface area contributed by atoms with E-state index in [9.17, 15) is 4.79 Å². The van der Waals surface area contributed by atoms with Crippen molar-refractivity contribution in [2.75, 3.05) is 50.8 Å². The van der Waals surface area contributed by atoms with Crippen LogP contribution in [-0.2, 0) is 11.3 Å². The topological polar surface area (TPSA) is 63.3 Å². The Morgan fingerprint density at radius 1 is 0.925 bits per heavy atom. The summed E-state index contributed by atoms with van der Waals surface area (Å²) in [5, 5.41) is 7.17. The third-order valence-electron chi connectivity index (χ3n) is 7.26. The van der Waals surface area contributed by atoms with Gasteiger partial charge in [-0.1, -0.05) is 36.4 Å². The highest BCUT2D eigenvalue weighted by atomic mass is 32.1. The third kappa shape index (κ3) is 6.41. The number of carbonyl (C=O) groups excluding carboxylic acids is 1. The first-order valence-corrected chi connectivity index (χ1v) is 14.6. The molecule has 1 N–H and O–H groups in total. The fraction of sp³-hybridized carbons (Fsp3) is 0.281. The number of nitrogens with zero attached hydrogens (tertiary/aromatic N) is 2. The Morgan fingerprint density at radius 2 is 1.73 bits per heavy atom. The third-order valence-corrected chi connectivity index (χ3v) is 7.94. The van der Waals surface area contributed by atoms with E-state index in [-0.39, 0.29) is 18.6 Å². The van der Waals surface area contributed by atoms with Gasteiger partial charge in [-0.3, -0.25) is 9.69 Å². The van der Waals surface area contributed by atoms with E-state index in [1.165, 1.54) is 11.3 Å². The average molecular weight is 556 g/mol. The molecule has 0 aliphatic carbocycles. The van der Waals surface area contributed by atoms with Crippen molar-refractivity contribution in [2.24, 2.45) is 0 Å². The van der Waals surface area contributed by atoms with E-state index in [1.54, 1.807) is 11.3 Å². The summed E-state index contributed by atoms with van der Waals surface area (Å²) in [6, 6.07) is 26.5. The maximum atomic E-state index is 12.7. The van der Waals surface area contributed by atoms with Gasteiger partial charge in [-0.05, 0) is 64.4 Å². The Morgan fingerprint density at radius 3 is 2.52 bits per heavy atom. The van der Waals surface area contributed by atoms with Crippen LogP contribution in [0.15, 0.2) is 89.6 Å². The van der Waals surface area contributed by atoms with E-state index in [0.717, 1.165) is 55.3 Å². The Labute approximate surface area is 238 Å². The molecule has 3 aromatic carbocycles. The van der Waals surface area contributed by atoms with E-state index < -0.39 is 0 Å². The molecule has 0 spiro atoms. The second kappa shape index (κ2) is 12.4. The molecule has 0 saturated carbocycles. The van der Waals surface area contributed by atoms with Crippen LogP contribution < -0.4 is 24.4 Å². The molecule has 0 radical (unpaired) electrons. The van der Waals surface area contributed by atoms with Gasteiger partial charge in [0.05, 0.1) is 6.54 Å². The number of anilines is 1. The molecular weight excluding hydrogens is 522 g/mol. The Balaban J connectivity index is 1.06. The van der Waals surface area contributed by atoms with Crippen LogP contribution in [-0.4, -0.2) is 62.8 Å². The standard InChI is InChI=1S/C32H33N3O4S/c36-32(33-19-28-21-37-30-8-4-5-9-31(30)39-28)22-38-29-11-10-24(25-12-17-40-23-25)18-26(29)20-34-13-15-35(16-14-34)27-6-2-1-3-7-27/h1-12,17-18,23,28H,13-16,19-22H2,(H,33,36)/t28-/m1/s1.